The van der Waals surface area contributed by atoms with Crippen molar-refractivity contribution in [3.63, 3.8) is 0 Å². The fourth-order valence-electron chi connectivity index (χ4n) is 2.82. The standard InChI is InChI=1S/C16H18ClN3O3S/c1-18-16(21)15-10-20(8-7-19-15)24(22,23)12-5-6-13-11(9-12)3-2-4-14(13)17/h2-6,9,15,19H,7-8,10H2,1H3,(H,18,21). The maximum Gasteiger partial charge on any atom is 0.243 e. The molecule has 6 nitrogen and oxygen atoms in total. The highest BCUT2D eigenvalue weighted by atomic mass is 35.5. The fourth-order valence-corrected chi connectivity index (χ4v) is 4.56. The molecule has 2 aromatic rings. The molecule has 1 fully saturated rings. The van der Waals surface area contributed by atoms with Crippen molar-refractivity contribution >= 4 is 38.3 Å². The Morgan fingerprint density at radius 1 is 1.33 bits per heavy atom. The molecule has 0 aromatic heterocycles. The number of fused-ring (bicyclic) bond motifs is 1. The molecule has 8 heteroatoms. The van der Waals surface area contributed by atoms with E-state index in [0.29, 0.717) is 18.1 Å². The van der Waals surface area contributed by atoms with Gasteiger partial charge in [-0.25, -0.2) is 8.42 Å². The van der Waals surface area contributed by atoms with Gasteiger partial charge in [-0.1, -0.05) is 29.8 Å². The van der Waals surface area contributed by atoms with Gasteiger partial charge in [0.1, 0.15) is 6.04 Å². The van der Waals surface area contributed by atoms with Gasteiger partial charge in [0.15, 0.2) is 0 Å². The lowest BCUT2D eigenvalue weighted by Crippen LogP contribution is -2.57. The van der Waals surface area contributed by atoms with E-state index in [1.165, 1.54) is 11.4 Å². The Balaban J connectivity index is 1.94. The number of nitrogens with one attached hydrogen (secondary N) is 2. The molecule has 1 unspecified atom stereocenters. The van der Waals surface area contributed by atoms with Gasteiger partial charge in [0.05, 0.1) is 4.90 Å². The van der Waals surface area contributed by atoms with Crippen molar-refractivity contribution < 1.29 is 13.2 Å². The van der Waals surface area contributed by atoms with Crippen LogP contribution < -0.4 is 10.6 Å². The van der Waals surface area contributed by atoms with Gasteiger partial charge in [-0.2, -0.15) is 4.31 Å². The molecular formula is C16H18ClN3O3S. The van der Waals surface area contributed by atoms with Gasteiger partial charge >= 0.3 is 0 Å². The van der Waals surface area contributed by atoms with Crippen molar-refractivity contribution in [3.8, 4) is 0 Å². The van der Waals surface area contributed by atoms with Crippen LogP contribution in [0.15, 0.2) is 41.3 Å². The summed E-state index contributed by atoms with van der Waals surface area (Å²) in [5.74, 6) is -0.222. The predicted octanol–water partition coefficient (Wildman–Crippen LogP) is 1.20. The van der Waals surface area contributed by atoms with Crippen molar-refractivity contribution in [2.24, 2.45) is 0 Å². The maximum atomic E-state index is 12.9. The topological polar surface area (TPSA) is 78.5 Å². The van der Waals surface area contributed by atoms with Crippen LogP contribution in [0.4, 0.5) is 0 Å². The Labute approximate surface area is 145 Å². The normalized spacial score (nSPS) is 19.3. The van der Waals surface area contributed by atoms with Crippen LogP contribution in [-0.4, -0.2) is 51.4 Å². The van der Waals surface area contributed by atoms with Crippen LogP contribution in [0.25, 0.3) is 10.8 Å². The summed E-state index contributed by atoms with van der Waals surface area (Å²) in [6, 6.07) is 9.71. The highest BCUT2D eigenvalue weighted by Gasteiger charge is 2.32. The molecule has 24 heavy (non-hydrogen) atoms. The second-order valence-corrected chi connectivity index (χ2v) is 7.95. The summed E-state index contributed by atoms with van der Waals surface area (Å²) in [6.07, 6.45) is 0. The Morgan fingerprint density at radius 2 is 2.12 bits per heavy atom. The molecular weight excluding hydrogens is 350 g/mol. The highest BCUT2D eigenvalue weighted by molar-refractivity contribution is 7.89. The van der Waals surface area contributed by atoms with Crippen LogP contribution in [0, 0.1) is 0 Å². The molecule has 1 aliphatic heterocycles. The third-order valence-electron chi connectivity index (χ3n) is 4.14. The van der Waals surface area contributed by atoms with Crippen LogP contribution in [0.5, 0.6) is 0 Å². The number of halogens is 1. The third-order valence-corrected chi connectivity index (χ3v) is 6.33. The molecule has 0 aliphatic carbocycles. The molecule has 3 rings (SSSR count). The quantitative estimate of drug-likeness (QED) is 0.854. The van der Waals surface area contributed by atoms with E-state index in [1.807, 2.05) is 6.07 Å². The Hall–Kier alpha value is -1.67. The molecule has 1 saturated heterocycles. The monoisotopic (exact) mass is 367 g/mol. The molecule has 1 amide bonds. The van der Waals surface area contributed by atoms with Gasteiger partial charge < -0.3 is 10.6 Å². The molecule has 0 bridgehead atoms. The minimum atomic E-state index is -3.67. The molecule has 1 atom stereocenters. The van der Waals surface area contributed by atoms with Crippen molar-refractivity contribution in [1.29, 1.82) is 0 Å². The first-order chi connectivity index (χ1) is 11.4. The minimum absolute atomic E-state index is 0.107. The predicted molar refractivity (Wildman–Crippen MR) is 93.6 cm³/mol. The highest BCUT2D eigenvalue weighted by Crippen LogP contribution is 2.27. The minimum Gasteiger partial charge on any atom is -0.358 e. The van der Waals surface area contributed by atoms with E-state index in [0.717, 1.165) is 10.8 Å². The molecule has 128 valence electrons. The summed E-state index contributed by atoms with van der Waals surface area (Å²) in [6.45, 7) is 0.857. The van der Waals surface area contributed by atoms with Crippen molar-refractivity contribution in [2.75, 3.05) is 26.7 Å². The number of nitrogens with zero attached hydrogens (tertiary/aromatic N) is 1. The summed E-state index contributed by atoms with van der Waals surface area (Å²) in [5.41, 5.74) is 0. The summed E-state index contributed by atoms with van der Waals surface area (Å²) < 4.78 is 27.2. The number of hydrogen-bond donors (Lipinski definition) is 2. The molecule has 0 radical (unpaired) electrons. The van der Waals surface area contributed by atoms with E-state index in [9.17, 15) is 13.2 Å². The second-order valence-electron chi connectivity index (χ2n) is 5.61. The zero-order valence-electron chi connectivity index (χ0n) is 13.1. The first kappa shape index (κ1) is 17.2. The van der Waals surface area contributed by atoms with Gasteiger partial charge in [-0.05, 0) is 23.6 Å². The van der Waals surface area contributed by atoms with E-state index in [4.69, 9.17) is 11.6 Å². The zero-order chi connectivity index (χ0) is 17.3. The SMILES string of the molecule is CNC(=O)C1CN(S(=O)(=O)c2ccc3c(Cl)cccc3c2)CCN1. The van der Waals surface area contributed by atoms with Gasteiger partial charge in [0.2, 0.25) is 15.9 Å². The average Bonchev–Trinajstić information content (AvgIpc) is 2.61. The number of likely N-dealkylation sites (N-methyl/N-ethyl adjacent to an activating group) is 1. The lowest BCUT2D eigenvalue weighted by Gasteiger charge is -2.31. The van der Waals surface area contributed by atoms with E-state index < -0.39 is 16.1 Å². The molecule has 2 N–H and O–H groups in total. The van der Waals surface area contributed by atoms with Gasteiger partial charge in [0, 0.05) is 37.1 Å². The molecule has 2 aromatic carbocycles. The van der Waals surface area contributed by atoms with Crippen molar-refractivity contribution in [3.05, 3.63) is 41.4 Å². The number of carbonyl (C=O) groups excluding carboxylic acids is 1. The summed E-state index contributed by atoms with van der Waals surface area (Å²) >= 11 is 6.13. The summed E-state index contributed by atoms with van der Waals surface area (Å²) in [5, 5.41) is 7.72. The lowest BCUT2D eigenvalue weighted by molar-refractivity contribution is -0.123. The smallest absolute Gasteiger partial charge is 0.243 e. The third kappa shape index (κ3) is 3.12. The van der Waals surface area contributed by atoms with E-state index in [2.05, 4.69) is 10.6 Å². The van der Waals surface area contributed by atoms with Crippen molar-refractivity contribution in [2.45, 2.75) is 10.9 Å². The maximum absolute atomic E-state index is 12.9. The Kier molecular flexibility index (Phi) is 4.78. The number of hydrogen-bond acceptors (Lipinski definition) is 4. The zero-order valence-corrected chi connectivity index (χ0v) is 14.7. The Bertz CT molecular complexity index is 885. The average molecular weight is 368 g/mol. The van der Waals surface area contributed by atoms with Crippen LogP contribution in [-0.2, 0) is 14.8 Å². The number of sulfonamides is 1. The van der Waals surface area contributed by atoms with Gasteiger partial charge in [-0.3, -0.25) is 4.79 Å². The van der Waals surface area contributed by atoms with Crippen LogP contribution >= 0.6 is 11.6 Å². The Morgan fingerprint density at radius 3 is 2.88 bits per heavy atom. The second kappa shape index (κ2) is 6.68. The van der Waals surface area contributed by atoms with E-state index in [-0.39, 0.29) is 17.3 Å². The van der Waals surface area contributed by atoms with Crippen LogP contribution in [0.1, 0.15) is 0 Å². The molecule has 1 heterocycles. The number of rotatable bonds is 3. The van der Waals surface area contributed by atoms with Gasteiger partial charge in [-0.15, -0.1) is 0 Å². The number of benzene rings is 2. The number of piperazine rings is 1. The molecule has 1 aliphatic rings. The number of amides is 1. The van der Waals surface area contributed by atoms with Crippen LogP contribution in [0.3, 0.4) is 0 Å². The first-order valence-electron chi connectivity index (χ1n) is 7.57. The molecule has 0 spiro atoms. The van der Waals surface area contributed by atoms with E-state index >= 15 is 0 Å². The summed E-state index contributed by atoms with van der Waals surface area (Å²) in [4.78, 5) is 12.0. The largest absolute Gasteiger partial charge is 0.358 e. The number of carbonyl (C=O) groups is 1. The van der Waals surface area contributed by atoms with Crippen molar-refractivity contribution in [1.82, 2.24) is 14.9 Å². The summed E-state index contributed by atoms with van der Waals surface area (Å²) in [7, 11) is -2.14. The van der Waals surface area contributed by atoms with Gasteiger partial charge in [0.25, 0.3) is 0 Å². The van der Waals surface area contributed by atoms with Crippen LogP contribution in [0.2, 0.25) is 5.02 Å². The lowest BCUT2D eigenvalue weighted by atomic mass is 10.1. The molecule has 0 saturated carbocycles. The van der Waals surface area contributed by atoms with E-state index in [1.54, 1.807) is 30.3 Å². The fraction of sp³-hybridized carbons (Fsp3) is 0.312. The first-order valence-corrected chi connectivity index (χ1v) is 9.38.